The van der Waals surface area contributed by atoms with E-state index in [9.17, 15) is 14.4 Å². The molecule has 2 amide bonds. The van der Waals surface area contributed by atoms with Crippen LogP contribution in [0.2, 0.25) is 0 Å². The van der Waals surface area contributed by atoms with E-state index < -0.39 is 24.4 Å². The van der Waals surface area contributed by atoms with Crippen LogP contribution in [0.15, 0.2) is 65.1 Å². The first-order valence-corrected chi connectivity index (χ1v) is 7.96. The fourth-order valence-electron chi connectivity index (χ4n) is 2.11. The van der Waals surface area contributed by atoms with Gasteiger partial charge in [-0.25, -0.2) is 9.78 Å². The molecule has 0 bridgehead atoms. The Kier molecular flexibility index (Phi) is 5.58. The molecule has 0 fully saturated rings. The number of amides is 2. The lowest BCUT2D eigenvalue weighted by molar-refractivity contribution is -0.144. The van der Waals surface area contributed by atoms with E-state index in [1.165, 1.54) is 6.08 Å². The molecule has 0 saturated carbocycles. The molecular weight excluding hydrogens is 350 g/mol. The number of hydrogen-bond donors (Lipinski definition) is 2. The molecule has 1 aromatic heterocycles. The zero-order chi connectivity index (χ0) is 19.1. The molecule has 0 aliphatic heterocycles. The smallest absolute Gasteiger partial charge is 0.331 e. The number of carbonyl (C=O) groups excluding carboxylic acids is 3. The number of fused-ring (bicyclic) bond motifs is 1. The number of carbonyl (C=O) groups is 3. The Balaban J connectivity index is 1.43. The third-order valence-electron chi connectivity index (χ3n) is 3.37. The van der Waals surface area contributed by atoms with Gasteiger partial charge in [0.1, 0.15) is 5.52 Å². The van der Waals surface area contributed by atoms with E-state index in [4.69, 9.17) is 9.15 Å². The van der Waals surface area contributed by atoms with Gasteiger partial charge in [-0.3, -0.25) is 20.4 Å². The third kappa shape index (κ3) is 5.02. The van der Waals surface area contributed by atoms with Gasteiger partial charge in [0, 0.05) is 17.7 Å². The van der Waals surface area contributed by atoms with Crippen molar-refractivity contribution in [3.05, 3.63) is 72.1 Å². The van der Waals surface area contributed by atoms with Crippen molar-refractivity contribution < 1.29 is 23.5 Å². The van der Waals surface area contributed by atoms with Gasteiger partial charge in [0.15, 0.2) is 12.2 Å². The lowest BCUT2D eigenvalue weighted by atomic mass is 10.2. The van der Waals surface area contributed by atoms with Crippen LogP contribution >= 0.6 is 0 Å². The number of aromatic nitrogens is 1. The van der Waals surface area contributed by atoms with Crippen LogP contribution in [-0.4, -0.2) is 29.4 Å². The van der Waals surface area contributed by atoms with Gasteiger partial charge in [-0.05, 0) is 24.3 Å². The van der Waals surface area contributed by atoms with Crippen LogP contribution in [-0.2, 0) is 14.3 Å². The molecule has 0 spiro atoms. The van der Waals surface area contributed by atoms with Gasteiger partial charge in [-0.2, -0.15) is 0 Å². The normalized spacial score (nSPS) is 10.7. The van der Waals surface area contributed by atoms with E-state index in [1.807, 2.05) is 12.1 Å². The second-order valence-electron chi connectivity index (χ2n) is 5.33. The number of nitrogens with zero attached hydrogens (tertiary/aromatic N) is 1. The maximum Gasteiger partial charge on any atom is 0.331 e. The van der Waals surface area contributed by atoms with Crippen LogP contribution < -0.4 is 10.9 Å². The van der Waals surface area contributed by atoms with Crippen LogP contribution in [0.3, 0.4) is 0 Å². The zero-order valence-corrected chi connectivity index (χ0v) is 14.0. The Morgan fingerprint density at radius 3 is 2.52 bits per heavy atom. The third-order valence-corrected chi connectivity index (χ3v) is 3.37. The van der Waals surface area contributed by atoms with Crippen molar-refractivity contribution in [3.8, 4) is 0 Å². The minimum atomic E-state index is -0.748. The molecule has 2 aromatic carbocycles. The van der Waals surface area contributed by atoms with Gasteiger partial charge in [0.25, 0.3) is 11.8 Å². The van der Waals surface area contributed by atoms with E-state index >= 15 is 0 Å². The van der Waals surface area contributed by atoms with Crippen molar-refractivity contribution in [2.75, 3.05) is 6.61 Å². The summed E-state index contributed by atoms with van der Waals surface area (Å²) in [6.07, 6.45) is 2.44. The second-order valence-corrected chi connectivity index (χ2v) is 5.33. The van der Waals surface area contributed by atoms with Crippen LogP contribution in [0.5, 0.6) is 0 Å². The molecular formula is C19H15N3O5. The molecule has 3 rings (SSSR count). The highest BCUT2D eigenvalue weighted by Gasteiger charge is 2.09. The van der Waals surface area contributed by atoms with Gasteiger partial charge in [0.2, 0.25) is 5.89 Å². The highest BCUT2D eigenvalue weighted by Crippen LogP contribution is 2.15. The highest BCUT2D eigenvalue weighted by atomic mass is 16.5. The second kappa shape index (κ2) is 8.43. The lowest BCUT2D eigenvalue weighted by Gasteiger charge is -2.07. The molecule has 0 aliphatic carbocycles. The van der Waals surface area contributed by atoms with Crippen LogP contribution in [0, 0.1) is 0 Å². The number of ether oxygens (including phenoxy) is 1. The lowest BCUT2D eigenvalue weighted by Crippen LogP contribution is -2.43. The number of rotatable bonds is 5. The van der Waals surface area contributed by atoms with Crippen molar-refractivity contribution in [1.82, 2.24) is 15.8 Å². The topological polar surface area (TPSA) is 111 Å². The van der Waals surface area contributed by atoms with Gasteiger partial charge in [0.05, 0.1) is 0 Å². The van der Waals surface area contributed by atoms with Crippen LogP contribution in [0.4, 0.5) is 0 Å². The standard InChI is InChI=1S/C19H15N3O5/c23-16(21-22-19(25)13-6-2-1-3-7-13)12-26-18(24)11-10-17-20-14-8-4-5-9-15(14)27-17/h1-11H,12H2,(H,21,23)(H,22,25)/b11-10+. The van der Waals surface area contributed by atoms with Crippen LogP contribution in [0.1, 0.15) is 16.2 Å². The van der Waals surface area contributed by atoms with E-state index in [1.54, 1.807) is 42.5 Å². The Bertz CT molecular complexity index is 962. The molecule has 1 heterocycles. The molecule has 136 valence electrons. The summed E-state index contributed by atoms with van der Waals surface area (Å²) in [5, 5.41) is 0. The predicted molar refractivity (Wildman–Crippen MR) is 96.1 cm³/mol. The van der Waals surface area contributed by atoms with Crippen molar-refractivity contribution in [3.63, 3.8) is 0 Å². The number of benzene rings is 2. The highest BCUT2D eigenvalue weighted by molar-refractivity contribution is 5.95. The van der Waals surface area contributed by atoms with E-state index in [0.717, 1.165) is 6.08 Å². The summed E-state index contributed by atoms with van der Waals surface area (Å²) < 4.78 is 10.2. The Labute approximate surface area is 153 Å². The fourth-order valence-corrected chi connectivity index (χ4v) is 2.11. The van der Waals surface area contributed by atoms with Crippen molar-refractivity contribution in [1.29, 1.82) is 0 Å². The van der Waals surface area contributed by atoms with E-state index in [2.05, 4.69) is 15.8 Å². The summed E-state index contributed by atoms with van der Waals surface area (Å²) in [6, 6.07) is 15.5. The van der Waals surface area contributed by atoms with Gasteiger partial charge >= 0.3 is 5.97 Å². The van der Waals surface area contributed by atoms with E-state index in [0.29, 0.717) is 16.7 Å². The van der Waals surface area contributed by atoms with E-state index in [-0.39, 0.29) is 5.89 Å². The molecule has 3 aromatic rings. The first-order chi connectivity index (χ1) is 13.1. The molecule has 8 nitrogen and oxygen atoms in total. The molecule has 0 saturated heterocycles. The Morgan fingerprint density at radius 2 is 1.74 bits per heavy atom. The van der Waals surface area contributed by atoms with Crippen molar-refractivity contribution in [2.45, 2.75) is 0 Å². The number of esters is 1. The monoisotopic (exact) mass is 365 g/mol. The van der Waals surface area contributed by atoms with Gasteiger partial charge in [-0.15, -0.1) is 0 Å². The number of hydrazine groups is 1. The number of para-hydroxylation sites is 2. The first kappa shape index (κ1) is 17.9. The summed E-state index contributed by atoms with van der Waals surface area (Å²) in [5.41, 5.74) is 6.03. The summed E-state index contributed by atoms with van der Waals surface area (Å²) >= 11 is 0. The summed E-state index contributed by atoms with van der Waals surface area (Å²) in [6.45, 7) is -0.550. The number of nitrogens with one attached hydrogen (secondary N) is 2. The van der Waals surface area contributed by atoms with Crippen molar-refractivity contribution >= 4 is 35.0 Å². The molecule has 27 heavy (non-hydrogen) atoms. The summed E-state index contributed by atoms with van der Waals surface area (Å²) in [7, 11) is 0. The number of hydrogen-bond acceptors (Lipinski definition) is 6. The average Bonchev–Trinajstić information content (AvgIpc) is 3.12. The fraction of sp³-hybridized carbons (Fsp3) is 0.0526. The minimum Gasteiger partial charge on any atom is -0.452 e. The summed E-state index contributed by atoms with van der Waals surface area (Å²) in [5.74, 6) is -1.66. The Morgan fingerprint density at radius 1 is 1.00 bits per heavy atom. The predicted octanol–water partition coefficient (Wildman–Crippen LogP) is 1.85. The van der Waals surface area contributed by atoms with Gasteiger partial charge in [-0.1, -0.05) is 30.3 Å². The maximum absolute atomic E-state index is 11.8. The molecule has 8 heteroatoms. The molecule has 0 unspecified atom stereocenters. The molecule has 0 atom stereocenters. The Hall–Kier alpha value is -3.94. The first-order valence-electron chi connectivity index (χ1n) is 7.96. The maximum atomic E-state index is 11.8. The van der Waals surface area contributed by atoms with Crippen molar-refractivity contribution in [2.24, 2.45) is 0 Å². The summed E-state index contributed by atoms with van der Waals surface area (Å²) in [4.78, 5) is 39.2. The molecule has 2 N–H and O–H groups in total. The quantitative estimate of drug-likeness (QED) is 0.406. The molecule has 0 aliphatic rings. The van der Waals surface area contributed by atoms with Crippen LogP contribution in [0.25, 0.3) is 17.2 Å². The largest absolute Gasteiger partial charge is 0.452 e. The zero-order valence-electron chi connectivity index (χ0n) is 14.0. The van der Waals surface area contributed by atoms with Gasteiger partial charge < -0.3 is 9.15 Å². The SMILES string of the molecule is O=C(COC(=O)/C=C/c1nc2ccccc2o1)NNC(=O)c1ccccc1. The average molecular weight is 365 g/mol. The minimum absolute atomic E-state index is 0.243. The molecule has 0 radical (unpaired) electrons. The number of oxazole rings is 1.